The van der Waals surface area contributed by atoms with Gasteiger partial charge in [-0.05, 0) is 46.3 Å². The minimum Gasteiger partial charge on any atom is -0.480 e. The van der Waals surface area contributed by atoms with Gasteiger partial charge in [-0.3, -0.25) is 9.48 Å². The molecule has 7 heteroatoms. The van der Waals surface area contributed by atoms with E-state index in [2.05, 4.69) is 10.4 Å². The maximum absolute atomic E-state index is 12.6. The number of ether oxygens (including phenoxy) is 1. The molecule has 0 aliphatic carbocycles. The molecule has 0 atom stereocenters. The summed E-state index contributed by atoms with van der Waals surface area (Å²) in [5, 5.41) is 25.4. The molecule has 0 spiro atoms. The normalized spacial score (nSPS) is 15.4. The lowest BCUT2D eigenvalue weighted by molar-refractivity contribution is -0.117. The summed E-state index contributed by atoms with van der Waals surface area (Å²) in [6.45, 7) is 10.1. The summed E-state index contributed by atoms with van der Waals surface area (Å²) in [6.07, 6.45) is 0. The molecule has 1 aromatic rings. The van der Waals surface area contributed by atoms with Crippen molar-refractivity contribution in [2.45, 2.75) is 46.8 Å². The van der Waals surface area contributed by atoms with Crippen molar-refractivity contribution in [1.82, 2.24) is 15.1 Å². The first-order valence-corrected chi connectivity index (χ1v) is 7.95. The highest BCUT2D eigenvalue weighted by Gasteiger charge is 2.40. The zero-order valence-electron chi connectivity index (χ0n) is 15.1. The number of nitriles is 2. The number of carbonyl (C=O) groups excluding carboxylic acids is 1. The van der Waals surface area contributed by atoms with Crippen LogP contribution in [0.3, 0.4) is 0 Å². The molecule has 0 saturated heterocycles. The smallest absolute Gasteiger partial charge is 0.255 e. The molecule has 1 aliphatic rings. The van der Waals surface area contributed by atoms with Crippen LogP contribution in [0.4, 0.5) is 0 Å². The average molecular weight is 339 g/mol. The van der Waals surface area contributed by atoms with Gasteiger partial charge in [0.1, 0.15) is 17.7 Å². The van der Waals surface area contributed by atoms with E-state index in [1.807, 2.05) is 24.6 Å². The van der Waals surface area contributed by atoms with Gasteiger partial charge in [-0.15, -0.1) is 0 Å². The van der Waals surface area contributed by atoms with E-state index in [-0.39, 0.29) is 22.8 Å². The topological polar surface area (TPSA) is 104 Å². The number of aryl methyl sites for hydroxylation is 2. The second kappa shape index (κ2) is 6.82. The van der Waals surface area contributed by atoms with E-state index < -0.39 is 5.60 Å². The van der Waals surface area contributed by atoms with Crippen molar-refractivity contribution >= 4 is 5.91 Å². The molecule has 1 amide bonds. The van der Waals surface area contributed by atoms with Gasteiger partial charge in [0.05, 0.1) is 17.8 Å². The van der Waals surface area contributed by atoms with E-state index in [9.17, 15) is 4.79 Å². The van der Waals surface area contributed by atoms with Crippen LogP contribution in [0.25, 0.3) is 0 Å². The first-order chi connectivity index (χ1) is 11.7. The molecule has 130 valence electrons. The van der Waals surface area contributed by atoms with Gasteiger partial charge in [0.2, 0.25) is 0 Å². The molecule has 2 rings (SSSR count). The van der Waals surface area contributed by atoms with Crippen LogP contribution in [-0.2, 0) is 16.1 Å². The largest absolute Gasteiger partial charge is 0.480 e. The van der Waals surface area contributed by atoms with Gasteiger partial charge in [-0.25, -0.2) is 0 Å². The quantitative estimate of drug-likeness (QED) is 0.845. The van der Waals surface area contributed by atoms with Gasteiger partial charge in [-0.2, -0.15) is 15.6 Å². The highest BCUT2D eigenvalue weighted by atomic mass is 16.5. The maximum atomic E-state index is 12.6. The minimum atomic E-state index is -0.739. The Morgan fingerprint density at radius 2 is 1.96 bits per heavy atom. The fraction of sp³-hybridized carbons (Fsp3) is 0.444. The van der Waals surface area contributed by atoms with Crippen LogP contribution >= 0.6 is 0 Å². The molecule has 0 unspecified atom stereocenters. The lowest BCUT2D eigenvalue weighted by atomic mass is 9.96. The Kier molecular flexibility index (Phi) is 4.99. The molecule has 0 bridgehead atoms. The summed E-state index contributed by atoms with van der Waals surface area (Å²) in [5.74, 6) is -0.307. The SMILES string of the molecule is CC1=C(C(=O)NCCn2nc(C)cc2C)C(=C(C#N)C#N)OC1(C)C. The summed E-state index contributed by atoms with van der Waals surface area (Å²) < 4.78 is 7.53. The summed E-state index contributed by atoms with van der Waals surface area (Å²) in [4.78, 5) is 12.6. The summed E-state index contributed by atoms with van der Waals surface area (Å²) in [7, 11) is 0. The third-order valence-electron chi connectivity index (χ3n) is 4.25. The van der Waals surface area contributed by atoms with Crippen LogP contribution in [0.1, 0.15) is 32.2 Å². The Labute approximate surface area is 147 Å². The van der Waals surface area contributed by atoms with Gasteiger partial charge in [-0.1, -0.05) is 0 Å². The van der Waals surface area contributed by atoms with E-state index in [0.29, 0.717) is 18.7 Å². The number of carbonyl (C=O) groups is 1. The molecule has 1 aromatic heterocycles. The van der Waals surface area contributed by atoms with Crippen LogP contribution in [0.2, 0.25) is 0 Å². The number of nitrogens with one attached hydrogen (secondary N) is 1. The van der Waals surface area contributed by atoms with Crippen molar-refractivity contribution in [3.8, 4) is 12.1 Å². The standard InChI is InChI=1S/C18H21N5O2/c1-11-8-12(2)23(22-11)7-6-21-17(24)15-13(3)18(4,5)25-16(15)14(9-19)10-20/h8H,6-7H2,1-5H3,(H,21,24). The zero-order chi connectivity index (χ0) is 18.8. The average Bonchev–Trinajstić information content (AvgIpc) is 2.97. The Morgan fingerprint density at radius 3 is 2.48 bits per heavy atom. The van der Waals surface area contributed by atoms with Gasteiger partial charge in [0, 0.05) is 12.2 Å². The van der Waals surface area contributed by atoms with Crippen LogP contribution in [0.15, 0.2) is 28.5 Å². The van der Waals surface area contributed by atoms with Crippen molar-refractivity contribution in [1.29, 1.82) is 10.5 Å². The summed E-state index contributed by atoms with van der Waals surface area (Å²) >= 11 is 0. The lowest BCUT2D eigenvalue weighted by Gasteiger charge is -2.20. The van der Waals surface area contributed by atoms with Crippen molar-refractivity contribution in [3.63, 3.8) is 0 Å². The second-order valence-electron chi connectivity index (χ2n) is 6.45. The molecule has 0 radical (unpaired) electrons. The van der Waals surface area contributed by atoms with E-state index in [1.54, 1.807) is 32.9 Å². The van der Waals surface area contributed by atoms with E-state index >= 15 is 0 Å². The second-order valence-corrected chi connectivity index (χ2v) is 6.45. The summed E-state index contributed by atoms with van der Waals surface area (Å²) in [6, 6.07) is 5.56. The minimum absolute atomic E-state index is 0.0520. The molecule has 1 N–H and O–H groups in total. The molecule has 0 fully saturated rings. The number of amides is 1. The number of allylic oxidation sites excluding steroid dienone is 1. The van der Waals surface area contributed by atoms with Crippen LogP contribution in [0, 0.1) is 36.5 Å². The zero-order valence-corrected chi connectivity index (χ0v) is 15.1. The van der Waals surface area contributed by atoms with Crippen molar-refractivity contribution < 1.29 is 9.53 Å². The molecular weight excluding hydrogens is 318 g/mol. The van der Waals surface area contributed by atoms with Crippen molar-refractivity contribution in [2.24, 2.45) is 0 Å². The molecule has 0 aromatic carbocycles. The molecule has 2 heterocycles. The number of aromatic nitrogens is 2. The Balaban J connectivity index is 2.20. The molecule has 7 nitrogen and oxygen atoms in total. The van der Waals surface area contributed by atoms with Gasteiger partial charge in [0.15, 0.2) is 11.3 Å². The number of nitrogens with zero attached hydrogens (tertiary/aromatic N) is 4. The highest BCUT2D eigenvalue weighted by Crippen LogP contribution is 2.39. The first kappa shape index (κ1) is 18.3. The number of hydrogen-bond donors (Lipinski definition) is 1. The third kappa shape index (κ3) is 3.56. The van der Waals surface area contributed by atoms with Gasteiger partial charge < -0.3 is 10.1 Å². The van der Waals surface area contributed by atoms with Crippen LogP contribution in [-0.4, -0.2) is 27.8 Å². The molecule has 25 heavy (non-hydrogen) atoms. The monoisotopic (exact) mass is 339 g/mol. The Hall–Kier alpha value is -3.06. The Bertz CT molecular complexity index is 843. The fourth-order valence-electron chi connectivity index (χ4n) is 2.70. The predicted octanol–water partition coefficient (Wildman–Crippen LogP) is 2.04. The first-order valence-electron chi connectivity index (χ1n) is 7.95. The summed E-state index contributed by atoms with van der Waals surface area (Å²) in [5.41, 5.74) is 1.95. The predicted molar refractivity (Wildman–Crippen MR) is 90.8 cm³/mol. The van der Waals surface area contributed by atoms with Crippen LogP contribution in [0.5, 0.6) is 0 Å². The van der Waals surface area contributed by atoms with Crippen LogP contribution < -0.4 is 5.32 Å². The third-order valence-corrected chi connectivity index (χ3v) is 4.25. The molecular formula is C18H21N5O2. The van der Waals surface area contributed by atoms with Gasteiger partial charge >= 0.3 is 0 Å². The lowest BCUT2D eigenvalue weighted by Crippen LogP contribution is -2.30. The highest BCUT2D eigenvalue weighted by molar-refractivity contribution is 5.99. The van der Waals surface area contributed by atoms with E-state index in [1.165, 1.54) is 0 Å². The maximum Gasteiger partial charge on any atom is 0.255 e. The Morgan fingerprint density at radius 1 is 1.32 bits per heavy atom. The van der Waals surface area contributed by atoms with Gasteiger partial charge in [0.25, 0.3) is 5.91 Å². The fourth-order valence-corrected chi connectivity index (χ4v) is 2.70. The van der Waals surface area contributed by atoms with Crippen molar-refractivity contribution in [3.05, 3.63) is 39.9 Å². The van der Waals surface area contributed by atoms with Crippen molar-refractivity contribution in [2.75, 3.05) is 6.54 Å². The van der Waals surface area contributed by atoms with E-state index in [0.717, 1.165) is 11.4 Å². The number of hydrogen-bond acceptors (Lipinski definition) is 5. The van der Waals surface area contributed by atoms with E-state index in [4.69, 9.17) is 15.3 Å². The number of rotatable bonds is 4. The molecule has 1 aliphatic heterocycles. The molecule has 0 saturated carbocycles.